The maximum absolute atomic E-state index is 11.8. The van der Waals surface area contributed by atoms with E-state index in [1.165, 1.54) is 0 Å². The molecule has 3 atom stereocenters. The Labute approximate surface area is 102 Å². The van der Waals surface area contributed by atoms with Crippen molar-refractivity contribution in [2.45, 2.75) is 58.3 Å². The van der Waals surface area contributed by atoms with Crippen LogP contribution < -0.4 is 0 Å². The van der Waals surface area contributed by atoms with Gasteiger partial charge in [-0.05, 0) is 27.2 Å². The minimum absolute atomic E-state index is 0.0389. The molecule has 0 spiro atoms. The second-order valence-corrected chi connectivity index (χ2v) is 5.76. The molecule has 0 radical (unpaired) electrons. The highest BCUT2D eigenvalue weighted by Crippen LogP contribution is 2.42. The minimum atomic E-state index is -0.366. The molecular weight excluding hydrogens is 218 g/mol. The van der Waals surface area contributed by atoms with Gasteiger partial charge in [0, 0.05) is 18.9 Å². The predicted octanol–water partition coefficient (Wildman–Crippen LogP) is 1.38. The number of amides is 1. The van der Waals surface area contributed by atoms with Crippen LogP contribution >= 0.6 is 0 Å². The van der Waals surface area contributed by atoms with E-state index in [1.54, 1.807) is 11.8 Å². The van der Waals surface area contributed by atoms with Gasteiger partial charge >= 0.3 is 0 Å². The van der Waals surface area contributed by atoms with E-state index in [0.717, 1.165) is 6.42 Å². The maximum atomic E-state index is 11.8. The van der Waals surface area contributed by atoms with Crippen molar-refractivity contribution in [3.63, 3.8) is 0 Å². The number of carbonyl (C=O) groups excluding carboxylic acids is 2. The molecule has 96 valence electrons. The lowest BCUT2D eigenvalue weighted by Gasteiger charge is -2.28. The third-order valence-electron chi connectivity index (χ3n) is 3.79. The summed E-state index contributed by atoms with van der Waals surface area (Å²) in [6, 6.07) is -0.366. The van der Waals surface area contributed by atoms with E-state index in [-0.39, 0.29) is 29.4 Å². The molecule has 0 aromatic rings. The summed E-state index contributed by atoms with van der Waals surface area (Å²) in [5.74, 6) is 0.410. The Bertz CT molecular complexity index is 351. The molecule has 17 heavy (non-hydrogen) atoms. The van der Waals surface area contributed by atoms with Crippen molar-refractivity contribution in [1.29, 1.82) is 0 Å². The predicted molar refractivity (Wildman–Crippen MR) is 63.5 cm³/mol. The highest BCUT2D eigenvalue weighted by Gasteiger charge is 2.53. The van der Waals surface area contributed by atoms with E-state index in [1.807, 2.05) is 6.92 Å². The zero-order chi connectivity index (χ0) is 12.8. The third-order valence-corrected chi connectivity index (χ3v) is 3.79. The van der Waals surface area contributed by atoms with E-state index in [0.29, 0.717) is 18.9 Å². The minimum Gasteiger partial charge on any atom is -0.369 e. The molecule has 2 heterocycles. The topological polar surface area (TPSA) is 46.6 Å². The smallest absolute Gasteiger partial charge is 0.223 e. The fourth-order valence-corrected chi connectivity index (χ4v) is 3.21. The van der Waals surface area contributed by atoms with Gasteiger partial charge in [-0.25, -0.2) is 0 Å². The molecule has 0 bridgehead atoms. The molecule has 1 unspecified atom stereocenters. The lowest BCUT2D eigenvalue weighted by Crippen LogP contribution is -2.45. The largest absolute Gasteiger partial charge is 0.369 e. The molecule has 0 aromatic carbocycles. The lowest BCUT2D eigenvalue weighted by atomic mass is 9.94. The molecule has 0 N–H and O–H groups in total. The van der Waals surface area contributed by atoms with Crippen molar-refractivity contribution in [2.75, 3.05) is 6.54 Å². The summed E-state index contributed by atoms with van der Waals surface area (Å²) in [6.45, 7) is 8.16. The number of Topliss-reactive ketones (excluding diaryl/α,β-unsaturated/α-hetero) is 1. The van der Waals surface area contributed by atoms with E-state index < -0.39 is 0 Å². The number of ether oxygens (including phenoxy) is 1. The molecule has 4 heteroatoms. The third kappa shape index (κ3) is 2.10. The van der Waals surface area contributed by atoms with E-state index in [4.69, 9.17) is 4.74 Å². The van der Waals surface area contributed by atoms with Gasteiger partial charge in [-0.2, -0.15) is 0 Å². The Hall–Kier alpha value is -0.900. The second kappa shape index (κ2) is 4.09. The van der Waals surface area contributed by atoms with Crippen LogP contribution in [-0.4, -0.2) is 40.9 Å². The summed E-state index contributed by atoms with van der Waals surface area (Å²) < 4.78 is 5.96. The van der Waals surface area contributed by atoms with Gasteiger partial charge in [-0.15, -0.1) is 0 Å². The fourth-order valence-electron chi connectivity index (χ4n) is 3.21. The highest BCUT2D eigenvalue weighted by molar-refractivity contribution is 5.88. The summed E-state index contributed by atoms with van der Waals surface area (Å²) in [4.78, 5) is 25.3. The van der Waals surface area contributed by atoms with Gasteiger partial charge in [0.25, 0.3) is 0 Å². The molecule has 2 fully saturated rings. The van der Waals surface area contributed by atoms with Gasteiger partial charge in [0.1, 0.15) is 6.04 Å². The zero-order valence-corrected chi connectivity index (χ0v) is 11.0. The van der Waals surface area contributed by atoms with Crippen LogP contribution in [0.3, 0.4) is 0 Å². The van der Waals surface area contributed by atoms with Crippen LogP contribution in [0.2, 0.25) is 0 Å². The zero-order valence-electron chi connectivity index (χ0n) is 11.0. The van der Waals surface area contributed by atoms with E-state index in [2.05, 4.69) is 13.8 Å². The number of nitrogens with zero attached hydrogens (tertiary/aromatic N) is 1. The van der Waals surface area contributed by atoms with Crippen molar-refractivity contribution < 1.29 is 14.3 Å². The van der Waals surface area contributed by atoms with Crippen LogP contribution in [0.4, 0.5) is 0 Å². The SMILES string of the molecule is CCC(=O)N1C[C@@H]2CC(C)(C)OC2[C@H]1C(C)=O. The Balaban J connectivity index is 2.22. The van der Waals surface area contributed by atoms with Crippen molar-refractivity contribution in [3.8, 4) is 0 Å². The first kappa shape index (κ1) is 12.6. The normalized spacial score (nSPS) is 34.8. The van der Waals surface area contributed by atoms with Gasteiger partial charge < -0.3 is 9.64 Å². The molecule has 1 amide bonds. The fraction of sp³-hybridized carbons (Fsp3) is 0.846. The summed E-state index contributed by atoms with van der Waals surface area (Å²) in [6.07, 6.45) is 1.28. The van der Waals surface area contributed by atoms with E-state index >= 15 is 0 Å². The molecular formula is C13H21NO3. The van der Waals surface area contributed by atoms with Crippen LogP contribution in [0.25, 0.3) is 0 Å². The molecule has 4 nitrogen and oxygen atoms in total. The molecule has 0 aliphatic carbocycles. The van der Waals surface area contributed by atoms with Crippen LogP contribution in [-0.2, 0) is 14.3 Å². The monoisotopic (exact) mass is 239 g/mol. The van der Waals surface area contributed by atoms with Gasteiger partial charge in [0.05, 0.1) is 11.7 Å². The lowest BCUT2D eigenvalue weighted by molar-refractivity contribution is -0.141. The summed E-state index contributed by atoms with van der Waals surface area (Å²) >= 11 is 0. The molecule has 0 saturated carbocycles. The molecule has 2 saturated heterocycles. The molecule has 0 aromatic heterocycles. The van der Waals surface area contributed by atoms with Crippen LogP contribution in [0, 0.1) is 5.92 Å². The van der Waals surface area contributed by atoms with Gasteiger partial charge in [-0.1, -0.05) is 6.92 Å². The van der Waals surface area contributed by atoms with Crippen LogP contribution in [0.1, 0.15) is 40.5 Å². The standard InChI is InChI=1S/C13H21NO3/c1-5-10(16)14-7-9-6-13(3,4)17-12(9)11(14)8(2)15/h9,11-12H,5-7H2,1-4H3/t9-,11+,12?/m0/s1. The number of hydrogen-bond donors (Lipinski definition) is 0. The van der Waals surface area contributed by atoms with Gasteiger partial charge in [0.15, 0.2) is 5.78 Å². The molecule has 2 aliphatic heterocycles. The van der Waals surface area contributed by atoms with Gasteiger partial charge in [0.2, 0.25) is 5.91 Å². The summed E-state index contributed by atoms with van der Waals surface area (Å²) in [7, 11) is 0. The summed E-state index contributed by atoms with van der Waals surface area (Å²) in [5.41, 5.74) is -0.162. The van der Waals surface area contributed by atoms with E-state index in [9.17, 15) is 9.59 Å². The first-order valence-corrected chi connectivity index (χ1v) is 6.33. The maximum Gasteiger partial charge on any atom is 0.223 e. The number of carbonyl (C=O) groups is 2. The second-order valence-electron chi connectivity index (χ2n) is 5.76. The Kier molecular flexibility index (Phi) is 3.02. The Morgan fingerprint density at radius 1 is 1.41 bits per heavy atom. The number of rotatable bonds is 2. The summed E-state index contributed by atoms with van der Waals surface area (Å²) in [5, 5.41) is 0. The van der Waals surface area contributed by atoms with Crippen molar-refractivity contribution in [2.24, 2.45) is 5.92 Å². The van der Waals surface area contributed by atoms with Crippen LogP contribution in [0.15, 0.2) is 0 Å². The number of ketones is 1. The van der Waals surface area contributed by atoms with Crippen molar-refractivity contribution >= 4 is 11.7 Å². The quantitative estimate of drug-likeness (QED) is 0.731. The van der Waals surface area contributed by atoms with Crippen molar-refractivity contribution in [1.82, 2.24) is 4.90 Å². The first-order chi connectivity index (χ1) is 7.85. The van der Waals surface area contributed by atoms with Gasteiger partial charge in [-0.3, -0.25) is 9.59 Å². The Morgan fingerprint density at radius 2 is 2.06 bits per heavy atom. The number of likely N-dealkylation sites (tertiary alicyclic amines) is 1. The average Bonchev–Trinajstić information content (AvgIpc) is 2.67. The Morgan fingerprint density at radius 3 is 2.59 bits per heavy atom. The van der Waals surface area contributed by atoms with Crippen molar-refractivity contribution in [3.05, 3.63) is 0 Å². The first-order valence-electron chi connectivity index (χ1n) is 6.33. The number of hydrogen-bond acceptors (Lipinski definition) is 3. The highest BCUT2D eigenvalue weighted by atomic mass is 16.5. The number of fused-ring (bicyclic) bond motifs is 1. The van der Waals surface area contributed by atoms with Crippen LogP contribution in [0.5, 0.6) is 0 Å². The molecule has 2 rings (SSSR count). The molecule has 2 aliphatic rings. The average molecular weight is 239 g/mol.